The molecule has 0 heterocycles. The van der Waals surface area contributed by atoms with Crippen LogP contribution in [0.2, 0.25) is 0 Å². The number of carboxylic acids is 1. The van der Waals surface area contributed by atoms with Crippen LogP contribution >= 0.6 is 0 Å². The number of ether oxygens (including phenoxy) is 1. The Morgan fingerprint density at radius 2 is 1.56 bits per heavy atom. The van der Waals surface area contributed by atoms with E-state index in [0.717, 1.165) is 22.1 Å². The molecule has 0 spiro atoms. The normalized spacial score (nSPS) is 10.5. The van der Waals surface area contributed by atoms with E-state index in [1.54, 1.807) is 27.9 Å². The average molecular weight is 376 g/mol. The van der Waals surface area contributed by atoms with Gasteiger partial charge in [0.2, 0.25) is 11.8 Å². The lowest BCUT2D eigenvalue weighted by Gasteiger charge is -2.10. The monoisotopic (exact) mass is 376 g/mol. The quantitative estimate of drug-likeness (QED) is 0.738. The molecule has 0 aromatic heterocycles. The topological polar surface area (TPSA) is 133 Å². The van der Waals surface area contributed by atoms with Crippen molar-refractivity contribution in [2.45, 2.75) is 39.5 Å². The molecule has 2 aromatic carbocycles. The zero-order valence-corrected chi connectivity index (χ0v) is 16.2. The maximum Gasteiger partial charge on any atom is 0.310 e. The summed E-state index contributed by atoms with van der Waals surface area (Å²) >= 11 is 0. The van der Waals surface area contributed by atoms with Crippen LogP contribution in [0.3, 0.4) is 0 Å². The number of carbonyl (C=O) groups excluding carboxylic acids is 2. The van der Waals surface area contributed by atoms with E-state index in [4.69, 9.17) is 9.84 Å². The van der Waals surface area contributed by atoms with E-state index in [-0.39, 0.29) is 11.8 Å². The number of methoxy groups -OCH3 is 1. The minimum atomic E-state index is -0.813. The van der Waals surface area contributed by atoms with Crippen molar-refractivity contribution in [3.63, 3.8) is 0 Å². The summed E-state index contributed by atoms with van der Waals surface area (Å²) in [7, 11) is 1.63. The first-order chi connectivity index (χ1) is 12.7. The van der Waals surface area contributed by atoms with Gasteiger partial charge in [-0.15, -0.1) is 0 Å². The van der Waals surface area contributed by atoms with Crippen LogP contribution in [0.5, 0.6) is 5.75 Å². The lowest BCUT2D eigenvalue weighted by Crippen LogP contribution is -2.07. The van der Waals surface area contributed by atoms with Gasteiger partial charge in [0.1, 0.15) is 5.75 Å². The molecule has 148 valence electrons. The molecule has 0 radical (unpaired) electrons. The third-order valence-electron chi connectivity index (χ3n) is 3.65. The van der Waals surface area contributed by atoms with Gasteiger partial charge in [0.05, 0.1) is 13.0 Å². The van der Waals surface area contributed by atoms with E-state index in [0.29, 0.717) is 12.8 Å². The second-order valence-electron chi connectivity index (χ2n) is 5.64. The number of amides is 2. The van der Waals surface area contributed by atoms with Gasteiger partial charge in [-0.05, 0) is 23.9 Å². The third-order valence-corrected chi connectivity index (χ3v) is 3.65. The minimum absolute atomic E-state index is 0.245. The summed E-state index contributed by atoms with van der Waals surface area (Å²) < 4.78 is 5.26. The largest absolute Gasteiger partial charge is 0.496 e. The van der Waals surface area contributed by atoms with Crippen LogP contribution in [0, 0.1) is 0 Å². The highest BCUT2D eigenvalue weighted by Gasteiger charge is 2.14. The zero-order chi connectivity index (χ0) is 21.0. The standard InChI is InChI=1S/C14H14O3.2C3H7NO/c1-9(14(15)16)10-6-7-12-11(8-10)4-3-5-13(12)17-2;2*1-2-3(4)5/h3-9H,1-2H3,(H,15,16);2*2H2,1H3,(H2,4,5)/t9-;;/m0../s1. The van der Waals surface area contributed by atoms with Crippen LogP contribution in [0.1, 0.15) is 45.1 Å². The molecule has 7 heteroatoms. The first kappa shape index (κ1) is 23.9. The first-order valence-corrected chi connectivity index (χ1v) is 8.53. The highest BCUT2D eigenvalue weighted by molar-refractivity contribution is 5.90. The van der Waals surface area contributed by atoms with Gasteiger partial charge < -0.3 is 21.3 Å². The van der Waals surface area contributed by atoms with E-state index in [1.165, 1.54) is 0 Å². The van der Waals surface area contributed by atoms with Crippen LogP contribution in [0.25, 0.3) is 10.8 Å². The van der Waals surface area contributed by atoms with Crippen LogP contribution < -0.4 is 16.2 Å². The average Bonchev–Trinajstić information content (AvgIpc) is 2.67. The molecular weight excluding hydrogens is 348 g/mol. The number of carboxylic acid groups (broad SMARTS) is 1. The lowest BCUT2D eigenvalue weighted by molar-refractivity contribution is -0.138. The minimum Gasteiger partial charge on any atom is -0.496 e. The van der Waals surface area contributed by atoms with Crippen molar-refractivity contribution < 1.29 is 24.2 Å². The van der Waals surface area contributed by atoms with Crippen molar-refractivity contribution in [1.29, 1.82) is 0 Å². The van der Waals surface area contributed by atoms with E-state index >= 15 is 0 Å². The fourth-order valence-electron chi connectivity index (χ4n) is 1.86. The van der Waals surface area contributed by atoms with E-state index in [1.807, 2.05) is 36.4 Å². The fraction of sp³-hybridized carbons (Fsp3) is 0.350. The predicted molar refractivity (Wildman–Crippen MR) is 106 cm³/mol. The van der Waals surface area contributed by atoms with Gasteiger partial charge >= 0.3 is 5.97 Å². The van der Waals surface area contributed by atoms with Crippen LogP contribution in [0.15, 0.2) is 36.4 Å². The summed E-state index contributed by atoms with van der Waals surface area (Å²) in [5, 5.41) is 11.0. The van der Waals surface area contributed by atoms with E-state index in [9.17, 15) is 14.4 Å². The summed E-state index contributed by atoms with van der Waals surface area (Å²) in [6.07, 6.45) is 0.889. The van der Waals surface area contributed by atoms with Gasteiger partial charge in [-0.3, -0.25) is 14.4 Å². The number of carbonyl (C=O) groups is 3. The van der Waals surface area contributed by atoms with Gasteiger partial charge in [0, 0.05) is 18.2 Å². The Bertz CT molecular complexity index is 760. The summed E-state index contributed by atoms with van der Waals surface area (Å²) in [5.74, 6) is -0.995. The summed E-state index contributed by atoms with van der Waals surface area (Å²) in [6.45, 7) is 5.13. The highest BCUT2D eigenvalue weighted by atomic mass is 16.5. The van der Waals surface area contributed by atoms with Gasteiger partial charge in [-0.1, -0.05) is 44.2 Å². The van der Waals surface area contributed by atoms with Crippen molar-refractivity contribution >= 4 is 28.6 Å². The molecular formula is C20H28N2O5. The Balaban J connectivity index is 0.000000563. The van der Waals surface area contributed by atoms with Crippen molar-refractivity contribution in [2.24, 2.45) is 11.5 Å². The Labute approximate surface area is 159 Å². The van der Waals surface area contributed by atoms with Crippen LogP contribution in [-0.4, -0.2) is 30.0 Å². The number of rotatable bonds is 5. The summed E-state index contributed by atoms with van der Waals surface area (Å²) in [4.78, 5) is 30.1. The lowest BCUT2D eigenvalue weighted by atomic mass is 9.98. The van der Waals surface area contributed by atoms with E-state index < -0.39 is 11.9 Å². The molecule has 0 aliphatic rings. The maximum atomic E-state index is 10.9. The Morgan fingerprint density at radius 1 is 1.04 bits per heavy atom. The first-order valence-electron chi connectivity index (χ1n) is 8.53. The molecule has 2 rings (SSSR count). The molecule has 2 aromatic rings. The van der Waals surface area contributed by atoms with Gasteiger partial charge in [-0.25, -0.2) is 0 Å². The summed E-state index contributed by atoms with van der Waals surface area (Å²) in [6, 6.07) is 11.4. The number of hydrogen-bond acceptors (Lipinski definition) is 4. The SMILES string of the molecule is CCC(N)=O.CCC(N)=O.COc1cccc2cc([C@H](C)C(=O)O)ccc12. The predicted octanol–water partition coefficient (Wildman–Crippen LogP) is 2.80. The Morgan fingerprint density at radius 3 is 1.96 bits per heavy atom. The molecule has 1 atom stereocenters. The number of fused-ring (bicyclic) bond motifs is 1. The molecule has 0 saturated heterocycles. The maximum absolute atomic E-state index is 10.9. The van der Waals surface area contributed by atoms with Crippen molar-refractivity contribution in [2.75, 3.05) is 7.11 Å². The highest BCUT2D eigenvalue weighted by Crippen LogP contribution is 2.28. The van der Waals surface area contributed by atoms with Crippen molar-refractivity contribution in [3.05, 3.63) is 42.0 Å². The van der Waals surface area contributed by atoms with Crippen molar-refractivity contribution in [3.8, 4) is 5.75 Å². The van der Waals surface area contributed by atoms with Gasteiger partial charge in [0.25, 0.3) is 0 Å². The number of aliphatic carboxylic acids is 1. The fourth-order valence-corrected chi connectivity index (χ4v) is 1.86. The van der Waals surface area contributed by atoms with Gasteiger partial charge in [-0.2, -0.15) is 0 Å². The molecule has 27 heavy (non-hydrogen) atoms. The molecule has 2 amide bonds. The van der Waals surface area contributed by atoms with Crippen molar-refractivity contribution in [1.82, 2.24) is 0 Å². The molecule has 0 fully saturated rings. The second-order valence-corrected chi connectivity index (χ2v) is 5.64. The Hall–Kier alpha value is -3.09. The summed E-state index contributed by atoms with van der Waals surface area (Å²) in [5.41, 5.74) is 10.1. The Kier molecular flexibility index (Phi) is 10.9. The molecule has 0 bridgehead atoms. The molecule has 0 saturated carbocycles. The number of benzene rings is 2. The van der Waals surface area contributed by atoms with E-state index in [2.05, 4.69) is 11.5 Å². The van der Waals surface area contributed by atoms with Gasteiger partial charge in [0.15, 0.2) is 0 Å². The zero-order valence-electron chi connectivity index (χ0n) is 16.2. The third kappa shape index (κ3) is 8.71. The number of primary amides is 2. The molecule has 5 N–H and O–H groups in total. The number of nitrogens with two attached hydrogens (primary N) is 2. The van der Waals surface area contributed by atoms with Crippen LogP contribution in [0.4, 0.5) is 0 Å². The smallest absolute Gasteiger partial charge is 0.310 e. The molecule has 7 nitrogen and oxygen atoms in total. The number of hydrogen-bond donors (Lipinski definition) is 3. The van der Waals surface area contributed by atoms with Crippen LogP contribution in [-0.2, 0) is 14.4 Å². The molecule has 0 aliphatic heterocycles. The second kappa shape index (κ2) is 12.3. The molecule has 0 aliphatic carbocycles. The molecule has 0 unspecified atom stereocenters.